The van der Waals surface area contributed by atoms with E-state index in [9.17, 15) is 14.9 Å². The number of hydrazone groups is 1. The van der Waals surface area contributed by atoms with Crippen LogP contribution in [-0.4, -0.2) is 21.5 Å². The predicted molar refractivity (Wildman–Crippen MR) is 82.0 cm³/mol. The number of hydrogen-bond donors (Lipinski definition) is 1. The minimum Gasteiger partial charge on any atom is -0.267 e. The van der Waals surface area contributed by atoms with Crippen molar-refractivity contribution in [2.75, 3.05) is 0 Å². The molecule has 112 valence electrons. The molecule has 1 aromatic heterocycles. The highest BCUT2D eigenvalue weighted by atomic mass is 35.5. The molecule has 1 heterocycles. The van der Waals surface area contributed by atoms with Crippen LogP contribution in [0.1, 0.15) is 22.8 Å². The van der Waals surface area contributed by atoms with Crippen LogP contribution >= 0.6 is 11.6 Å². The molecule has 0 saturated heterocycles. The van der Waals surface area contributed by atoms with Gasteiger partial charge in [-0.25, -0.2) is 5.43 Å². The number of pyridine rings is 1. The van der Waals surface area contributed by atoms with Crippen LogP contribution in [0.5, 0.6) is 0 Å². The topological polar surface area (TPSA) is 97.5 Å². The highest BCUT2D eigenvalue weighted by molar-refractivity contribution is 6.32. The van der Waals surface area contributed by atoms with E-state index in [1.54, 1.807) is 31.3 Å². The van der Waals surface area contributed by atoms with Gasteiger partial charge < -0.3 is 0 Å². The van der Waals surface area contributed by atoms with Crippen LogP contribution in [-0.2, 0) is 0 Å². The molecule has 0 spiro atoms. The number of nitrogens with one attached hydrogen (secondary N) is 1. The normalized spacial score (nSPS) is 11.1. The Hall–Kier alpha value is -2.80. The Bertz CT molecular complexity index is 747. The zero-order valence-electron chi connectivity index (χ0n) is 11.5. The van der Waals surface area contributed by atoms with Crippen molar-refractivity contribution in [2.45, 2.75) is 6.92 Å². The highest BCUT2D eigenvalue weighted by Crippen LogP contribution is 2.25. The molecule has 0 bridgehead atoms. The van der Waals surface area contributed by atoms with Gasteiger partial charge in [-0.15, -0.1) is 0 Å². The fourth-order valence-corrected chi connectivity index (χ4v) is 1.82. The molecule has 0 aliphatic carbocycles. The zero-order chi connectivity index (χ0) is 16.1. The van der Waals surface area contributed by atoms with Gasteiger partial charge in [-0.2, -0.15) is 5.10 Å². The maximum atomic E-state index is 11.8. The first-order valence-corrected chi connectivity index (χ1v) is 6.56. The van der Waals surface area contributed by atoms with Crippen LogP contribution in [0.2, 0.25) is 5.02 Å². The smallest absolute Gasteiger partial charge is 0.267 e. The van der Waals surface area contributed by atoms with Crippen molar-refractivity contribution in [2.24, 2.45) is 5.10 Å². The van der Waals surface area contributed by atoms with E-state index in [0.717, 1.165) is 0 Å². The van der Waals surface area contributed by atoms with Gasteiger partial charge >= 0.3 is 0 Å². The summed E-state index contributed by atoms with van der Waals surface area (Å²) in [5.41, 5.74) is 3.42. The summed E-state index contributed by atoms with van der Waals surface area (Å²) in [6.07, 6.45) is 2.96. The molecule has 0 saturated carbocycles. The summed E-state index contributed by atoms with van der Waals surface area (Å²) in [5.74, 6) is -0.420. The molecule has 1 amide bonds. The van der Waals surface area contributed by atoms with E-state index in [4.69, 9.17) is 11.6 Å². The van der Waals surface area contributed by atoms with Gasteiger partial charge in [0.25, 0.3) is 11.6 Å². The molecule has 1 N–H and O–H groups in total. The number of carbonyl (C=O) groups is 1. The molecule has 7 nitrogen and oxygen atoms in total. The number of nitro benzene ring substituents is 1. The van der Waals surface area contributed by atoms with Crippen molar-refractivity contribution >= 4 is 28.9 Å². The third kappa shape index (κ3) is 3.64. The van der Waals surface area contributed by atoms with Crippen molar-refractivity contribution in [3.63, 3.8) is 0 Å². The molecule has 0 aliphatic rings. The lowest BCUT2D eigenvalue weighted by Crippen LogP contribution is -2.19. The Kier molecular flexibility index (Phi) is 4.80. The SMILES string of the molecule is C/C(=N/NC(=O)c1cccnc1)c1ccc(Cl)c([N+](=O)[O-])c1. The minimum atomic E-state index is -0.576. The van der Waals surface area contributed by atoms with Crippen LogP contribution in [0.15, 0.2) is 47.8 Å². The van der Waals surface area contributed by atoms with Crippen molar-refractivity contribution in [3.05, 3.63) is 69.0 Å². The highest BCUT2D eigenvalue weighted by Gasteiger charge is 2.14. The first-order chi connectivity index (χ1) is 10.5. The summed E-state index contributed by atoms with van der Waals surface area (Å²) >= 11 is 5.75. The monoisotopic (exact) mass is 318 g/mol. The summed E-state index contributed by atoms with van der Waals surface area (Å²) in [6, 6.07) is 7.53. The van der Waals surface area contributed by atoms with Crippen molar-refractivity contribution in [1.29, 1.82) is 0 Å². The van der Waals surface area contributed by atoms with Gasteiger partial charge in [0.1, 0.15) is 5.02 Å². The maximum Gasteiger partial charge on any atom is 0.288 e. The first kappa shape index (κ1) is 15.6. The molecular formula is C14H11ClN4O3. The minimum absolute atomic E-state index is 0.0425. The third-order valence-electron chi connectivity index (χ3n) is 2.81. The van der Waals surface area contributed by atoms with Crippen LogP contribution in [0.3, 0.4) is 0 Å². The maximum absolute atomic E-state index is 11.8. The number of aromatic nitrogens is 1. The second-order valence-corrected chi connectivity index (χ2v) is 4.71. The number of carbonyl (C=O) groups excluding carboxylic acids is 1. The number of halogens is 1. The number of amides is 1. The lowest BCUT2D eigenvalue weighted by molar-refractivity contribution is -0.384. The van der Waals surface area contributed by atoms with E-state index < -0.39 is 10.8 Å². The van der Waals surface area contributed by atoms with Crippen LogP contribution in [0, 0.1) is 10.1 Å². The number of rotatable bonds is 4. The molecule has 0 atom stereocenters. The fourth-order valence-electron chi connectivity index (χ4n) is 1.64. The molecular weight excluding hydrogens is 308 g/mol. The number of hydrogen-bond acceptors (Lipinski definition) is 5. The van der Waals surface area contributed by atoms with Crippen LogP contribution < -0.4 is 5.43 Å². The van der Waals surface area contributed by atoms with Crippen molar-refractivity contribution in [3.8, 4) is 0 Å². The van der Waals surface area contributed by atoms with E-state index in [0.29, 0.717) is 16.8 Å². The second-order valence-electron chi connectivity index (χ2n) is 4.30. The van der Waals surface area contributed by atoms with Gasteiger partial charge in [-0.1, -0.05) is 17.7 Å². The zero-order valence-corrected chi connectivity index (χ0v) is 12.2. The van der Waals surface area contributed by atoms with Gasteiger partial charge in [0.05, 0.1) is 16.2 Å². The Labute approximate surface area is 130 Å². The van der Waals surface area contributed by atoms with Gasteiger partial charge in [0, 0.05) is 24.0 Å². The average molecular weight is 319 g/mol. The Morgan fingerprint density at radius 3 is 2.77 bits per heavy atom. The van der Waals surface area contributed by atoms with Crippen LogP contribution in [0.4, 0.5) is 5.69 Å². The predicted octanol–water partition coefficient (Wildman–Crippen LogP) is 2.80. The Morgan fingerprint density at radius 1 is 1.36 bits per heavy atom. The molecule has 22 heavy (non-hydrogen) atoms. The molecule has 0 unspecified atom stereocenters. The van der Waals surface area contributed by atoms with Gasteiger partial charge in [-0.05, 0) is 25.1 Å². The van der Waals surface area contributed by atoms with Crippen molar-refractivity contribution < 1.29 is 9.72 Å². The van der Waals surface area contributed by atoms with E-state index in [2.05, 4.69) is 15.5 Å². The summed E-state index contributed by atoms with van der Waals surface area (Å²) in [4.78, 5) is 25.9. The largest absolute Gasteiger partial charge is 0.288 e. The molecule has 2 aromatic rings. The van der Waals surface area contributed by atoms with Gasteiger partial charge in [-0.3, -0.25) is 19.9 Å². The third-order valence-corrected chi connectivity index (χ3v) is 3.13. The molecule has 2 rings (SSSR count). The summed E-state index contributed by atoms with van der Waals surface area (Å²) in [5, 5.41) is 14.8. The number of nitro groups is 1. The Balaban J connectivity index is 2.18. The quantitative estimate of drug-likeness (QED) is 0.532. The first-order valence-electron chi connectivity index (χ1n) is 6.18. The molecule has 0 fully saturated rings. The standard InChI is InChI=1S/C14H11ClN4O3/c1-9(10-4-5-12(15)13(7-10)19(21)22)17-18-14(20)11-3-2-6-16-8-11/h2-8H,1H3,(H,18,20)/b17-9-. The lowest BCUT2D eigenvalue weighted by atomic mass is 10.1. The van der Waals surface area contributed by atoms with E-state index in [-0.39, 0.29) is 10.7 Å². The van der Waals surface area contributed by atoms with Gasteiger partial charge in [0.15, 0.2) is 0 Å². The summed E-state index contributed by atoms with van der Waals surface area (Å²) in [7, 11) is 0. The molecule has 0 radical (unpaired) electrons. The summed E-state index contributed by atoms with van der Waals surface area (Å²) in [6.45, 7) is 1.62. The number of benzene rings is 1. The lowest BCUT2D eigenvalue weighted by Gasteiger charge is -2.03. The summed E-state index contributed by atoms with van der Waals surface area (Å²) < 4.78 is 0. The van der Waals surface area contributed by atoms with E-state index >= 15 is 0 Å². The van der Waals surface area contributed by atoms with Crippen molar-refractivity contribution in [1.82, 2.24) is 10.4 Å². The molecule has 0 aliphatic heterocycles. The van der Waals surface area contributed by atoms with E-state index in [1.165, 1.54) is 18.3 Å². The number of nitrogens with zero attached hydrogens (tertiary/aromatic N) is 3. The average Bonchev–Trinajstić information content (AvgIpc) is 2.53. The Morgan fingerprint density at radius 2 is 2.14 bits per heavy atom. The van der Waals surface area contributed by atoms with Crippen LogP contribution in [0.25, 0.3) is 0 Å². The fraction of sp³-hybridized carbons (Fsp3) is 0.0714. The van der Waals surface area contributed by atoms with Gasteiger partial charge in [0.2, 0.25) is 0 Å². The molecule has 1 aromatic carbocycles. The molecule has 8 heteroatoms. The second kappa shape index (κ2) is 6.77. The van der Waals surface area contributed by atoms with E-state index in [1.807, 2.05) is 0 Å².